The lowest BCUT2D eigenvalue weighted by Gasteiger charge is -2.44. The molecular formula is C22H42O4. The van der Waals surface area contributed by atoms with Gasteiger partial charge in [-0.05, 0) is 43.4 Å². The number of carbonyl (C=O) groups is 1. The van der Waals surface area contributed by atoms with Crippen LogP contribution in [0.2, 0.25) is 0 Å². The Labute approximate surface area is 161 Å². The summed E-state index contributed by atoms with van der Waals surface area (Å²) in [7, 11) is 1.43. The Kier molecular flexibility index (Phi) is 10.8. The Morgan fingerprint density at radius 3 is 2.54 bits per heavy atom. The van der Waals surface area contributed by atoms with Crippen LogP contribution in [0.1, 0.15) is 98.8 Å². The van der Waals surface area contributed by atoms with Crippen LogP contribution in [-0.2, 0) is 19.3 Å². The zero-order valence-corrected chi connectivity index (χ0v) is 18.0. The largest absolute Gasteiger partial charge is 0.469 e. The Morgan fingerprint density at radius 2 is 2.00 bits per heavy atom. The fourth-order valence-electron chi connectivity index (χ4n) is 4.37. The van der Waals surface area contributed by atoms with E-state index in [1.54, 1.807) is 0 Å². The molecule has 1 fully saturated rings. The molecule has 1 saturated heterocycles. The molecule has 1 aliphatic rings. The molecule has 4 heteroatoms. The van der Waals surface area contributed by atoms with Gasteiger partial charge in [0.1, 0.15) is 11.7 Å². The van der Waals surface area contributed by atoms with Crippen molar-refractivity contribution < 1.29 is 19.3 Å². The first-order valence-electron chi connectivity index (χ1n) is 10.8. The molecule has 154 valence electrons. The van der Waals surface area contributed by atoms with Gasteiger partial charge in [0.15, 0.2) is 0 Å². The second-order valence-corrected chi connectivity index (χ2v) is 8.37. The predicted octanol–water partition coefficient (Wildman–Crippen LogP) is 6.08. The molecule has 0 aromatic heterocycles. The number of esters is 1. The van der Waals surface area contributed by atoms with Crippen LogP contribution in [0.15, 0.2) is 0 Å². The topological polar surface area (TPSA) is 44.8 Å². The molecule has 0 amide bonds. The highest BCUT2D eigenvalue weighted by atomic mass is 17.2. The molecule has 26 heavy (non-hydrogen) atoms. The third-order valence-corrected chi connectivity index (χ3v) is 6.30. The van der Waals surface area contributed by atoms with E-state index in [1.165, 1.54) is 39.2 Å². The molecular weight excluding hydrogens is 328 g/mol. The van der Waals surface area contributed by atoms with E-state index in [1.807, 2.05) is 0 Å². The summed E-state index contributed by atoms with van der Waals surface area (Å²) in [5.41, 5.74) is -0.210. The summed E-state index contributed by atoms with van der Waals surface area (Å²) in [6, 6.07) is 0. The molecule has 5 atom stereocenters. The van der Waals surface area contributed by atoms with Crippen molar-refractivity contribution in [1.29, 1.82) is 0 Å². The van der Waals surface area contributed by atoms with Crippen LogP contribution in [0, 0.1) is 17.8 Å². The van der Waals surface area contributed by atoms with E-state index in [4.69, 9.17) is 14.5 Å². The summed E-state index contributed by atoms with van der Waals surface area (Å²) in [5, 5.41) is 0. The van der Waals surface area contributed by atoms with Gasteiger partial charge in [-0.1, -0.05) is 66.7 Å². The summed E-state index contributed by atoms with van der Waals surface area (Å²) in [4.78, 5) is 23.4. The maximum Gasteiger partial charge on any atom is 0.308 e. The van der Waals surface area contributed by atoms with Crippen LogP contribution in [-0.4, -0.2) is 24.8 Å². The fourth-order valence-corrected chi connectivity index (χ4v) is 4.37. The third-order valence-electron chi connectivity index (χ3n) is 6.30. The third kappa shape index (κ3) is 7.19. The van der Waals surface area contributed by atoms with Crippen LogP contribution in [0.3, 0.4) is 0 Å². The van der Waals surface area contributed by atoms with Crippen molar-refractivity contribution in [2.24, 2.45) is 17.8 Å². The normalized spacial score (nSPS) is 28.5. The zero-order valence-electron chi connectivity index (χ0n) is 18.0. The molecule has 0 N–H and O–H groups in total. The summed E-state index contributed by atoms with van der Waals surface area (Å²) >= 11 is 0. The van der Waals surface area contributed by atoms with Crippen LogP contribution < -0.4 is 0 Å². The van der Waals surface area contributed by atoms with Crippen molar-refractivity contribution >= 4 is 5.97 Å². The van der Waals surface area contributed by atoms with E-state index in [2.05, 4.69) is 34.6 Å². The van der Waals surface area contributed by atoms with Crippen LogP contribution in [0.4, 0.5) is 0 Å². The lowest BCUT2D eigenvalue weighted by atomic mass is 9.75. The number of hydrogen-bond acceptors (Lipinski definition) is 4. The molecule has 0 aromatic rings. The summed E-state index contributed by atoms with van der Waals surface area (Å²) in [6.07, 6.45) is 10.4. The number of unbranched alkanes of at least 4 members (excludes halogenated alkanes) is 1. The molecule has 0 aliphatic carbocycles. The predicted molar refractivity (Wildman–Crippen MR) is 106 cm³/mol. The average Bonchev–Trinajstić information content (AvgIpc) is 2.66. The first kappa shape index (κ1) is 23.4. The van der Waals surface area contributed by atoms with Gasteiger partial charge < -0.3 is 4.74 Å². The van der Waals surface area contributed by atoms with Gasteiger partial charge in [0.05, 0.1) is 13.5 Å². The van der Waals surface area contributed by atoms with E-state index in [0.717, 1.165) is 31.6 Å². The number of ether oxygens (including phenoxy) is 1. The number of methoxy groups -OCH3 is 1. The Hall–Kier alpha value is -0.610. The molecule has 0 saturated carbocycles. The molecule has 5 unspecified atom stereocenters. The van der Waals surface area contributed by atoms with Gasteiger partial charge in [0.2, 0.25) is 0 Å². The summed E-state index contributed by atoms with van der Waals surface area (Å²) in [6.45, 7) is 11.3. The van der Waals surface area contributed by atoms with Gasteiger partial charge in [-0.2, -0.15) is 0 Å². The van der Waals surface area contributed by atoms with Gasteiger partial charge in [-0.15, -0.1) is 0 Å². The Morgan fingerprint density at radius 1 is 1.27 bits per heavy atom. The van der Waals surface area contributed by atoms with E-state index in [-0.39, 0.29) is 24.1 Å². The van der Waals surface area contributed by atoms with Gasteiger partial charge in [-0.3, -0.25) is 4.79 Å². The molecule has 4 nitrogen and oxygen atoms in total. The maximum absolute atomic E-state index is 11.6. The lowest BCUT2D eigenvalue weighted by molar-refractivity contribution is -0.424. The van der Waals surface area contributed by atoms with E-state index in [0.29, 0.717) is 11.8 Å². The highest BCUT2D eigenvalue weighted by Crippen LogP contribution is 2.42. The van der Waals surface area contributed by atoms with Crippen molar-refractivity contribution in [3.8, 4) is 0 Å². The number of hydrogen-bond donors (Lipinski definition) is 0. The SMILES string of the molecule is CCCCC(C)CC(CC)CC1(CC)CC(CC)C(CC(=O)OC)OO1. The summed E-state index contributed by atoms with van der Waals surface area (Å²) in [5.74, 6) is 1.56. The molecule has 0 bridgehead atoms. The highest BCUT2D eigenvalue weighted by molar-refractivity contribution is 5.69. The highest BCUT2D eigenvalue weighted by Gasteiger charge is 2.43. The lowest BCUT2D eigenvalue weighted by Crippen LogP contribution is -2.46. The van der Waals surface area contributed by atoms with Crippen LogP contribution in [0.25, 0.3) is 0 Å². The van der Waals surface area contributed by atoms with E-state index >= 15 is 0 Å². The minimum atomic E-state index is -0.225. The van der Waals surface area contributed by atoms with E-state index in [9.17, 15) is 4.79 Å². The zero-order chi connectivity index (χ0) is 19.6. The Bertz CT molecular complexity index is 398. The minimum absolute atomic E-state index is 0.185. The maximum atomic E-state index is 11.6. The Balaban J connectivity index is 2.70. The quantitative estimate of drug-likeness (QED) is 0.308. The molecule has 0 radical (unpaired) electrons. The van der Waals surface area contributed by atoms with Crippen molar-refractivity contribution in [3.63, 3.8) is 0 Å². The molecule has 1 rings (SSSR count). The summed E-state index contributed by atoms with van der Waals surface area (Å²) < 4.78 is 4.81. The molecule has 0 aromatic carbocycles. The minimum Gasteiger partial charge on any atom is -0.469 e. The first-order chi connectivity index (χ1) is 12.4. The number of carbonyl (C=O) groups excluding carboxylic acids is 1. The van der Waals surface area contributed by atoms with Crippen molar-refractivity contribution in [2.75, 3.05) is 7.11 Å². The van der Waals surface area contributed by atoms with Crippen molar-refractivity contribution in [3.05, 3.63) is 0 Å². The van der Waals surface area contributed by atoms with Crippen LogP contribution in [0.5, 0.6) is 0 Å². The monoisotopic (exact) mass is 370 g/mol. The molecule has 1 aliphatic heterocycles. The van der Waals surface area contributed by atoms with E-state index < -0.39 is 0 Å². The second kappa shape index (κ2) is 12.0. The standard InChI is InChI=1S/C22H42O4/c1-7-11-12-17(5)13-18(8-2)15-22(10-4)16-19(9-3)20(25-26-22)14-21(23)24-6/h17-20H,7-16H2,1-6H3. The molecule has 1 heterocycles. The van der Waals surface area contributed by atoms with Crippen molar-refractivity contribution in [2.45, 2.75) is 111 Å². The molecule has 0 spiro atoms. The van der Waals surface area contributed by atoms with Crippen molar-refractivity contribution in [1.82, 2.24) is 0 Å². The van der Waals surface area contributed by atoms with Gasteiger partial charge >= 0.3 is 5.97 Å². The smallest absolute Gasteiger partial charge is 0.308 e. The average molecular weight is 371 g/mol. The van der Waals surface area contributed by atoms with Gasteiger partial charge in [-0.25, -0.2) is 9.78 Å². The first-order valence-corrected chi connectivity index (χ1v) is 10.8. The van der Waals surface area contributed by atoms with Gasteiger partial charge in [0, 0.05) is 0 Å². The van der Waals surface area contributed by atoms with Gasteiger partial charge in [0.25, 0.3) is 0 Å². The fraction of sp³-hybridized carbons (Fsp3) is 0.955. The number of rotatable bonds is 12. The van der Waals surface area contributed by atoms with Crippen LogP contribution >= 0.6 is 0 Å². The second-order valence-electron chi connectivity index (χ2n) is 8.37.